The van der Waals surface area contributed by atoms with E-state index in [1.165, 1.54) is 109 Å². The Morgan fingerprint density at radius 3 is 1.40 bits per heavy atom. The number of hydrogen-bond donors (Lipinski definition) is 0. The molecule has 0 atom stereocenters. The van der Waals surface area contributed by atoms with Crippen molar-refractivity contribution in [3.05, 3.63) is 193 Å². The van der Waals surface area contributed by atoms with Gasteiger partial charge in [0.1, 0.15) is 0 Å². The van der Waals surface area contributed by atoms with Crippen molar-refractivity contribution >= 4 is 53.9 Å². The standard InChI is InChI=1S/C53H36/c1-53(2)51-30-36(24-27-46(51)47-28-25-38(31-52(47)53)48-29-37-12-4-6-14-40(37)41-15-7-9-17-43(41)48)33-19-21-35(22-20-33)49-32-50-39-13-5-3-11-34(39)23-26-45(50)42-16-8-10-18-44(42)49/h3-32H,1-2H3. The van der Waals surface area contributed by atoms with Gasteiger partial charge in [-0.05, 0) is 134 Å². The maximum absolute atomic E-state index is 2.46. The minimum atomic E-state index is -0.129. The van der Waals surface area contributed by atoms with E-state index in [9.17, 15) is 0 Å². The van der Waals surface area contributed by atoms with E-state index in [0.29, 0.717) is 0 Å². The molecule has 0 unspecified atom stereocenters. The second-order valence-corrected chi connectivity index (χ2v) is 15.3. The van der Waals surface area contributed by atoms with Crippen molar-refractivity contribution in [3.8, 4) is 44.5 Å². The van der Waals surface area contributed by atoms with E-state index in [-0.39, 0.29) is 5.41 Å². The van der Waals surface area contributed by atoms with Gasteiger partial charge in [-0.15, -0.1) is 0 Å². The molecule has 0 saturated heterocycles. The Bertz CT molecular complexity index is 3120. The van der Waals surface area contributed by atoms with Gasteiger partial charge in [-0.2, -0.15) is 0 Å². The third-order valence-corrected chi connectivity index (χ3v) is 12.1. The first-order valence-corrected chi connectivity index (χ1v) is 18.7. The highest BCUT2D eigenvalue weighted by molar-refractivity contribution is 6.21. The lowest BCUT2D eigenvalue weighted by atomic mass is 9.80. The van der Waals surface area contributed by atoms with Crippen LogP contribution in [0.25, 0.3) is 98.4 Å². The lowest BCUT2D eigenvalue weighted by Gasteiger charge is -2.23. The molecule has 10 aromatic carbocycles. The van der Waals surface area contributed by atoms with Crippen LogP contribution in [0.15, 0.2) is 182 Å². The molecule has 0 fully saturated rings. The number of hydrogen-bond acceptors (Lipinski definition) is 0. The van der Waals surface area contributed by atoms with E-state index in [0.717, 1.165) is 0 Å². The second kappa shape index (κ2) is 11.2. The van der Waals surface area contributed by atoms with Gasteiger partial charge in [0.05, 0.1) is 0 Å². The van der Waals surface area contributed by atoms with Gasteiger partial charge in [0.15, 0.2) is 0 Å². The molecule has 53 heavy (non-hydrogen) atoms. The molecule has 0 amide bonds. The van der Waals surface area contributed by atoms with Gasteiger partial charge in [-0.3, -0.25) is 0 Å². The van der Waals surface area contributed by atoms with Gasteiger partial charge in [-0.1, -0.05) is 172 Å². The summed E-state index contributed by atoms with van der Waals surface area (Å²) in [6.45, 7) is 4.78. The molecule has 0 heteroatoms. The summed E-state index contributed by atoms with van der Waals surface area (Å²) in [6.07, 6.45) is 0. The van der Waals surface area contributed by atoms with Gasteiger partial charge in [0.2, 0.25) is 0 Å². The molecule has 0 saturated carbocycles. The van der Waals surface area contributed by atoms with E-state index >= 15 is 0 Å². The van der Waals surface area contributed by atoms with Gasteiger partial charge >= 0.3 is 0 Å². The van der Waals surface area contributed by atoms with Crippen molar-refractivity contribution in [1.82, 2.24) is 0 Å². The largest absolute Gasteiger partial charge is 0.0616 e. The van der Waals surface area contributed by atoms with Crippen molar-refractivity contribution in [2.45, 2.75) is 19.3 Å². The Balaban J connectivity index is 0.983. The van der Waals surface area contributed by atoms with Crippen molar-refractivity contribution in [2.75, 3.05) is 0 Å². The third kappa shape index (κ3) is 4.49. The molecule has 0 heterocycles. The Labute approximate surface area is 309 Å². The molecule has 0 aromatic heterocycles. The van der Waals surface area contributed by atoms with Crippen LogP contribution in [-0.4, -0.2) is 0 Å². The summed E-state index contributed by atoms with van der Waals surface area (Å²) >= 11 is 0. The fraction of sp³-hybridized carbons (Fsp3) is 0.0566. The number of benzene rings is 10. The normalized spacial score (nSPS) is 13.2. The lowest BCUT2D eigenvalue weighted by Crippen LogP contribution is -2.15. The Kier molecular flexibility index (Phi) is 6.40. The molecular weight excluding hydrogens is 637 g/mol. The molecule has 248 valence electrons. The first kappa shape index (κ1) is 30.2. The highest BCUT2D eigenvalue weighted by Gasteiger charge is 2.36. The van der Waals surface area contributed by atoms with Crippen molar-refractivity contribution in [3.63, 3.8) is 0 Å². The summed E-state index contributed by atoms with van der Waals surface area (Å²) in [7, 11) is 0. The summed E-state index contributed by atoms with van der Waals surface area (Å²) in [6, 6.07) is 67.9. The highest BCUT2D eigenvalue weighted by atomic mass is 14.4. The first-order chi connectivity index (χ1) is 26.0. The maximum atomic E-state index is 2.46. The number of rotatable bonds is 3. The zero-order valence-corrected chi connectivity index (χ0v) is 29.8. The molecule has 11 rings (SSSR count). The molecule has 0 aliphatic heterocycles. The van der Waals surface area contributed by atoms with Crippen molar-refractivity contribution in [2.24, 2.45) is 0 Å². The van der Waals surface area contributed by atoms with Gasteiger partial charge < -0.3 is 0 Å². The summed E-state index contributed by atoms with van der Waals surface area (Å²) in [4.78, 5) is 0. The van der Waals surface area contributed by atoms with E-state index in [1.807, 2.05) is 0 Å². The fourth-order valence-corrected chi connectivity index (χ4v) is 9.32. The average molecular weight is 673 g/mol. The topological polar surface area (TPSA) is 0 Å². The van der Waals surface area contributed by atoms with Gasteiger partial charge in [-0.25, -0.2) is 0 Å². The van der Waals surface area contributed by atoms with Crippen LogP contribution in [-0.2, 0) is 5.41 Å². The molecule has 0 bridgehead atoms. The van der Waals surface area contributed by atoms with E-state index in [2.05, 4.69) is 196 Å². The minimum absolute atomic E-state index is 0.129. The molecule has 10 aromatic rings. The zero-order valence-electron chi connectivity index (χ0n) is 29.8. The average Bonchev–Trinajstić information content (AvgIpc) is 3.44. The Morgan fingerprint density at radius 2 is 0.717 bits per heavy atom. The predicted molar refractivity (Wildman–Crippen MR) is 228 cm³/mol. The predicted octanol–water partition coefficient (Wildman–Crippen LogP) is 14.8. The second-order valence-electron chi connectivity index (χ2n) is 15.3. The Morgan fingerprint density at radius 1 is 0.264 bits per heavy atom. The fourth-order valence-electron chi connectivity index (χ4n) is 9.32. The van der Waals surface area contributed by atoms with Crippen molar-refractivity contribution in [1.29, 1.82) is 0 Å². The smallest absolute Gasteiger partial charge is 0.0159 e. The van der Waals surface area contributed by atoms with Crippen LogP contribution >= 0.6 is 0 Å². The Hall–Kier alpha value is -6.50. The molecule has 0 N–H and O–H groups in total. The highest BCUT2D eigenvalue weighted by Crippen LogP contribution is 2.51. The summed E-state index contributed by atoms with van der Waals surface area (Å²) < 4.78 is 0. The first-order valence-electron chi connectivity index (χ1n) is 18.7. The van der Waals surface area contributed by atoms with Crippen LogP contribution in [0.5, 0.6) is 0 Å². The van der Waals surface area contributed by atoms with Crippen molar-refractivity contribution < 1.29 is 0 Å². The number of fused-ring (bicyclic) bond motifs is 11. The molecular formula is C53H36. The molecule has 1 aliphatic rings. The van der Waals surface area contributed by atoms with E-state index in [1.54, 1.807) is 0 Å². The summed E-state index contributed by atoms with van der Waals surface area (Å²) in [5, 5.41) is 13.0. The quantitative estimate of drug-likeness (QED) is 0.164. The van der Waals surface area contributed by atoms with Gasteiger partial charge in [0, 0.05) is 5.41 Å². The van der Waals surface area contributed by atoms with Crippen LogP contribution in [0.1, 0.15) is 25.0 Å². The van der Waals surface area contributed by atoms with E-state index < -0.39 is 0 Å². The molecule has 0 nitrogen and oxygen atoms in total. The van der Waals surface area contributed by atoms with Crippen LogP contribution in [0, 0.1) is 0 Å². The third-order valence-electron chi connectivity index (χ3n) is 12.1. The van der Waals surface area contributed by atoms with Crippen LogP contribution in [0.3, 0.4) is 0 Å². The monoisotopic (exact) mass is 672 g/mol. The SMILES string of the molecule is CC1(C)c2cc(-c3ccc(-c4cc5c6ccccc6ccc5c5ccccc45)cc3)ccc2-c2ccc(-c3cc4ccccc4c4ccccc34)cc21. The van der Waals surface area contributed by atoms with Crippen LogP contribution in [0.2, 0.25) is 0 Å². The van der Waals surface area contributed by atoms with Crippen LogP contribution in [0.4, 0.5) is 0 Å². The maximum Gasteiger partial charge on any atom is 0.0159 e. The molecule has 0 radical (unpaired) electrons. The zero-order chi connectivity index (χ0) is 35.3. The van der Waals surface area contributed by atoms with Gasteiger partial charge in [0.25, 0.3) is 0 Å². The summed E-state index contributed by atoms with van der Waals surface area (Å²) in [5.74, 6) is 0. The van der Waals surface area contributed by atoms with E-state index in [4.69, 9.17) is 0 Å². The molecule has 1 aliphatic carbocycles. The molecule has 0 spiro atoms. The summed E-state index contributed by atoms with van der Waals surface area (Å²) in [5.41, 5.74) is 12.9. The van der Waals surface area contributed by atoms with Crippen LogP contribution < -0.4 is 0 Å². The lowest BCUT2D eigenvalue weighted by molar-refractivity contribution is 0.661. The minimum Gasteiger partial charge on any atom is -0.0616 e.